The molecule has 1 saturated carbocycles. The second-order valence-corrected chi connectivity index (χ2v) is 8.82. The summed E-state index contributed by atoms with van der Waals surface area (Å²) in [5, 5.41) is 2.99. The summed E-state index contributed by atoms with van der Waals surface area (Å²) in [5.41, 5.74) is 0.492. The molecule has 0 saturated heterocycles. The number of anilines is 1. The highest BCUT2D eigenvalue weighted by Crippen LogP contribution is 2.21. The number of rotatable bonds is 5. The largest absolute Gasteiger partial charge is 0.352 e. The quantitative estimate of drug-likeness (QED) is 0.769. The van der Waals surface area contributed by atoms with Crippen molar-refractivity contribution < 1.29 is 13.2 Å². The molecule has 0 heterocycles. The van der Waals surface area contributed by atoms with Crippen molar-refractivity contribution in [3.8, 4) is 0 Å². The highest BCUT2D eigenvalue weighted by Gasteiger charge is 2.22. The maximum Gasteiger partial charge on any atom is 0.240 e. The van der Waals surface area contributed by atoms with Gasteiger partial charge in [-0.15, -0.1) is 0 Å². The molecule has 0 aromatic heterocycles. The van der Waals surface area contributed by atoms with Gasteiger partial charge in [-0.05, 0) is 37.1 Å². The minimum Gasteiger partial charge on any atom is -0.352 e. The number of nitrogens with zero attached hydrogens (tertiary/aromatic N) is 1. The van der Waals surface area contributed by atoms with Crippen LogP contribution in [0.3, 0.4) is 0 Å². The summed E-state index contributed by atoms with van der Waals surface area (Å²) in [5.74, 6) is -0.245. The zero-order valence-electron chi connectivity index (χ0n) is 13.3. The third-order valence-corrected chi connectivity index (χ3v) is 5.69. The van der Waals surface area contributed by atoms with Crippen LogP contribution in [0, 0.1) is 0 Å². The molecule has 0 aliphatic heterocycles. The Balaban J connectivity index is 2.05. The smallest absolute Gasteiger partial charge is 0.240 e. The molecule has 1 aromatic carbocycles. The topological polar surface area (TPSA) is 66.5 Å². The second-order valence-electron chi connectivity index (χ2n) is 6.00. The normalized spacial score (nSPS) is 16.6. The molecule has 1 fully saturated rings. The van der Waals surface area contributed by atoms with Gasteiger partial charge in [0.1, 0.15) is 6.54 Å². The van der Waals surface area contributed by atoms with E-state index in [1.807, 2.05) is 0 Å². The van der Waals surface area contributed by atoms with E-state index in [2.05, 4.69) is 21.2 Å². The van der Waals surface area contributed by atoms with Crippen LogP contribution in [0.2, 0.25) is 0 Å². The van der Waals surface area contributed by atoms with E-state index >= 15 is 0 Å². The second kappa shape index (κ2) is 8.15. The zero-order valence-corrected chi connectivity index (χ0v) is 15.7. The van der Waals surface area contributed by atoms with Gasteiger partial charge in [0.25, 0.3) is 0 Å². The van der Waals surface area contributed by atoms with E-state index in [4.69, 9.17) is 0 Å². The van der Waals surface area contributed by atoms with Crippen molar-refractivity contribution in [3.05, 3.63) is 28.7 Å². The Morgan fingerprint density at radius 1 is 1.17 bits per heavy atom. The molecular weight excluding hydrogens is 380 g/mol. The average Bonchev–Trinajstić information content (AvgIpc) is 2.73. The Bertz CT molecular complexity index is 623. The molecule has 128 valence electrons. The minimum absolute atomic E-state index is 0.163. The van der Waals surface area contributed by atoms with Crippen LogP contribution in [0.25, 0.3) is 0 Å². The molecule has 23 heavy (non-hydrogen) atoms. The predicted octanol–water partition coefficient (Wildman–Crippen LogP) is 3.05. The van der Waals surface area contributed by atoms with Gasteiger partial charge in [0.2, 0.25) is 15.9 Å². The van der Waals surface area contributed by atoms with Gasteiger partial charge in [0.05, 0.1) is 11.9 Å². The summed E-state index contributed by atoms with van der Waals surface area (Å²) in [6.07, 6.45) is 7.72. The van der Waals surface area contributed by atoms with Crippen LogP contribution in [-0.2, 0) is 14.8 Å². The van der Waals surface area contributed by atoms with Crippen molar-refractivity contribution in [1.82, 2.24) is 5.32 Å². The monoisotopic (exact) mass is 402 g/mol. The van der Waals surface area contributed by atoms with Crippen LogP contribution in [0.15, 0.2) is 28.7 Å². The third-order valence-electron chi connectivity index (χ3n) is 4.02. The van der Waals surface area contributed by atoms with Gasteiger partial charge >= 0.3 is 0 Å². The Morgan fingerprint density at radius 3 is 2.26 bits per heavy atom. The maximum absolute atomic E-state index is 12.3. The molecule has 1 aliphatic carbocycles. The van der Waals surface area contributed by atoms with Gasteiger partial charge in [0, 0.05) is 10.5 Å². The summed E-state index contributed by atoms with van der Waals surface area (Å²) in [7, 11) is -3.52. The first-order valence-electron chi connectivity index (χ1n) is 7.89. The molecule has 0 unspecified atom stereocenters. The number of amides is 1. The highest BCUT2D eigenvalue weighted by atomic mass is 79.9. The fraction of sp³-hybridized carbons (Fsp3) is 0.562. The predicted molar refractivity (Wildman–Crippen MR) is 96.0 cm³/mol. The molecule has 5 nitrogen and oxygen atoms in total. The molecular formula is C16H23BrN2O3S. The third kappa shape index (κ3) is 5.80. The van der Waals surface area contributed by atoms with E-state index in [0.29, 0.717) is 5.69 Å². The number of hydrogen-bond donors (Lipinski definition) is 1. The van der Waals surface area contributed by atoms with E-state index in [9.17, 15) is 13.2 Å². The maximum atomic E-state index is 12.3. The molecule has 1 amide bonds. The molecule has 1 N–H and O–H groups in total. The molecule has 1 aromatic rings. The molecule has 7 heteroatoms. The van der Waals surface area contributed by atoms with E-state index in [1.165, 1.54) is 12.8 Å². The first kappa shape index (κ1) is 18.3. The number of benzene rings is 1. The molecule has 0 bridgehead atoms. The fourth-order valence-electron chi connectivity index (χ4n) is 2.83. The van der Waals surface area contributed by atoms with E-state index < -0.39 is 10.0 Å². The summed E-state index contributed by atoms with van der Waals surface area (Å²) >= 11 is 3.32. The summed E-state index contributed by atoms with van der Waals surface area (Å²) in [6.45, 7) is -0.184. The van der Waals surface area contributed by atoms with Crippen molar-refractivity contribution >= 4 is 37.5 Å². The first-order chi connectivity index (χ1) is 10.9. The minimum atomic E-state index is -3.52. The van der Waals surface area contributed by atoms with Gasteiger partial charge < -0.3 is 5.32 Å². The van der Waals surface area contributed by atoms with Gasteiger partial charge in [0.15, 0.2) is 0 Å². The van der Waals surface area contributed by atoms with Gasteiger partial charge in [-0.2, -0.15) is 0 Å². The molecule has 1 aliphatic rings. The summed E-state index contributed by atoms with van der Waals surface area (Å²) in [6, 6.07) is 7.05. The van der Waals surface area contributed by atoms with Crippen molar-refractivity contribution in [3.63, 3.8) is 0 Å². The van der Waals surface area contributed by atoms with Crippen molar-refractivity contribution in [1.29, 1.82) is 0 Å². The standard InChI is InChI=1S/C16H23BrN2O3S/c1-23(21,22)19(15-10-8-13(17)9-11-15)12-16(20)18-14-6-4-2-3-5-7-14/h8-11,14H,2-7,12H2,1H3,(H,18,20). The number of carbonyl (C=O) groups is 1. The number of sulfonamides is 1. The Morgan fingerprint density at radius 2 is 1.74 bits per heavy atom. The van der Waals surface area contributed by atoms with Gasteiger partial charge in [-0.25, -0.2) is 8.42 Å². The Kier molecular flexibility index (Phi) is 6.47. The van der Waals surface area contributed by atoms with Crippen molar-refractivity contribution in [2.45, 2.75) is 44.6 Å². The summed E-state index contributed by atoms with van der Waals surface area (Å²) in [4.78, 5) is 12.3. The lowest BCUT2D eigenvalue weighted by atomic mass is 10.1. The van der Waals surface area contributed by atoms with Gasteiger partial charge in [-0.1, -0.05) is 41.6 Å². The van der Waals surface area contributed by atoms with Crippen LogP contribution < -0.4 is 9.62 Å². The van der Waals surface area contributed by atoms with E-state index in [-0.39, 0.29) is 18.5 Å². The lowest BCUT2D eigenvalue weighted by Gasteiger charge is -2.24. The number of carbonyl (C=O) groups excluding carboxylic acids is 1. The van der Waals surface area contributed by atoms with Crippen LogP contribution in [0.1, 0.15) is 38.5 Å². The number of halogens is 1. The van der Waals surface area contributed by atoms with Crippen molar-refractivity contribution in [2.75, 3.05) is 17.1 Å². The van der Waals surface area contributed by atoms with E-state index in [0.717, 1.165) is 40.7 Å². The van der Waals surface area contributed by atoms with Crippen molar-refractivity contribution in [2.24, 2.45) is 0 Å². The molecule has 0 atom stereocenters. The average molecular weight is 403 g/mol. The highest BCUT2D eigenvalue weighted by molar-refractivity contribution is 9.10. The lowest BCUT2D eigenvalue weighted by Crippen LogP contribution is -2.44. The molecule has 0 spiro atoms. The lowest BCUT2D eigenvalue weighted by molar-refractivity contribution is -0.120. The number of nitrogens with one attached hydrogen (secondary N) is 1. The van der Waals surface area contributed by atoms with Crippen LogP contribution in [-0.4, -0.2) is 33.2 Å². The van der Waals surface area contributed by atoms with E-state index in [1.54, 1.807) is 24.3 Å². The zero-order chi connectivity index (χ0) is 16.9. The fourth-order valence-corrected chi connectivity index (χ4v) is 3.96. The van der Waals surface area contributed by atoms with Crippen LogP contribution in [0.4, 0.5) is 5.69 Å². The van der Waals surface area contributed by atoms with Gasteiger partial charge in [-0.3, -0.25) is 9.10 Å². The van der Waals surface area contributed by atoms with Crippen LogP contribution in [0.5, 0.6) is 0 Å². The summed E-state index contributed by atoms with van der Waals surface area (Å²) < 4.78 is 26.1. The Labute approximate surface area is 146 Å². The molecule has 2 rings (SSSR count). The first-order valence-corrected chi connectivity index (χ1v) is 10.5. The Hall–Kier alpha value is -1.08. The van der Waals surface area contributed by atoms with Crippen LogP contribution >= 0.6 is 15.9 Å². The SMILES string of the molecule is CS(=O)(=O)N(CC(=O)NC1CCCCCC1)c1ccc(Br)cc1. The molecule has 0 radical (unpaired) electrons. The number of hydrogen-bond acceptors (Lipinski definition) is 3.